The van der Waals surface area contributed by atoms with Crippen LogP contribution in [0.5, 0.6) is 0 Å². The Balaban J connectivity index is 2.01. The molecule has 0 atom stereocenters. The third-order valence-electron chi connectivity index (χ3n) is 3.63. The average molecular weight is 403 g/mol. The molecule has 0 radical (unpaired) electrons. The number of carboxylic acid groups (broad SMARTS) is 2. The first-order chi connectivity index (χ1) is 12.8. The molecule has 1 aliphatic rings. The fourth-order valence-corrected chi connectivity index (χ4v) is 3.69. The van der Waals surface area contributed by atoms with Crippen molar-refractivity contribution in [2.45, 2.75) is 0 Å². The molecule has 1 saturated heterocycles. The number of amides is 1. The van der Waals surface area contributed by atoms with Gasteiger partial charge < -0.3 is 10.2 Å². The van der Waals surface area contributed by atoms with Gasteiger partial charge in [-0.1, -0.05) is 36.1 Å². The maximum Gasteiger partial charge on any atom is 0.335 e. The second kappa shape index (κ2) is 7.29. The van der Waals surface area contributed by atoms with E-state index in [1.165, 1.54) is 42.5 Å². The highest BCUT2D eigenvalue weighted by molar-refractivity contribution is 8.27. The lowest BCUT2D eigenvalue weighted by atomic mass is 10.1. The van der Waals surface area contributed by atoms with Crippen molar-refractivity contribution < 1.29 is 29.0 Å². The van der Waals surface area contributed by atoms with Crippen LogP contribution in [0.3, 0.4) is 0 Å². The van der Waals surface area contributed by atoms with Crippen LogP contribution >= 0.6 is 24.0 Å². The lowest BCUT2D eigenvalue weighted by Gasteiger charge is -2.16. The summed E-state index contributed by atoms with van der Waals surface area (Å²) in [6.07, 6.45) is 1.53. The van der Waals surface area contributed by atoms with E-state index in [0.29, 0.717) is 5.56 Å². The summed E-state index contributed by atoms with van der Waals surface area (Å²) in [7, 11) is 0. The Hall–Kier alpha value is -3.04. The highest BCUT2D eigenvalue weighted by Gasteiger charge is 2.34. The summed E-state index contributed by atoms with van der Waals surface area (Å²) in [5.74, 6) is -3.59. The molecule has 6 nitrogen and oxygen atoms in total. The summed E-state index contributed by atoms with van der Waals surface area (Å²) in [4.78, 5) is 36.6. The molecular formula is C18H10FNO5S2. The SMILES string of the molecule is O=C(O)c1cc(C(=O)O)cc(N2C(=O)C(=Cc3ccc(F)cc3)SC2=S)c1. The number of thioether (sulfide) groups is 1. The molecule has 136 valence electrons. The first-order valence-electron chi connectivity index (χ1n) is 7.41. The number of carbonyl (C=O) groups excluding carboxylic acids is 1. The molecule has 3 rings (SSSR count). The molecule has 1 amide bonds. The summed E-state index contributed by atoms with van der Waals surface area (Å²) in [5, 5.41) is 18.4. The maximum absolute atomic E-state index is 13.0. The fourth-order valence-electron chi connectivity index (χ4n) is 2.39. The third-order valence-corrected chi connectivity index (χ3v) is 4.93. The zero-order chi connectivity index (χ0) is 19.7. The van der Waals surface area contributed by atoms with Gasteiger partial charge in [-0.05, 0) is 42.0 Å². The fraction of sp³-hybridized carbons (Fsp3) is 0. The van der Waals surface area contributed by atoms with Crippen LogP contribution in [-0.2, 0) is 4.79 Å². The lowest BCUT2D eigenvalue weighted by Crippen LogP contribution is -2.28. The number of hydrogen-bond acceptors (Lipinski definition) is 5. The van der Waals surface area contributed by atoms with Crippen molar-refractivity contribution in [2.24, 2.45) is 0 Å². The van der Waals surface area contributed by atoms with Crippen LogP contribution in [0, 0.1) is 5.82 Å². The smallest absolute Gasteiger partial charge is 0.335 e. The Kier molecular flexibility index (Phi) is 5.06. The summed E-state index contributed by atoms with van der Waals surface area (Å²) < 4.78 is 13.1. The molecule has 2 N–H and O–H groups in total. The molecule has 27 heavy (non-hydrogen) atoms. The van der Waals surface area contributed by atoms with Crippen LogP contribution in [0.15, 0.2) is 47.4 Å². The van der Waals surface area contributed by atoms with E-state index in [1.807, 2.05) is 0 Å². The van der Waals surface area contributed by atoms with Crippen LogP contribution in [0.25, 0.3) is 6.08 Å². The number of carboxylic acids is 2. The Morgan fingerprint density at radius 3 is 2.11 bits per heavy atom. The van der Waals surface area contributed by atoms with Gasteiger partial charge in [0.25, 0.3) is 5.91 Å². The number of carbonyl (C=O) groups is 3. The molecule has 9 heteroatoms. The van der Waals surface area contributed by atoms with Crippen molar-refractivity contribution in [3.8, 4) is 0 Å². The molecule has 0 bridgehead atoms. The Morgan fingerprint density at radius 1 is 1.04 bits per heavy atom. The van der Waals surface area contributed by atoms with Crippen molar-refractivity contribution in [3.63, 3.8) is 0 Å². The average Bonchev–Trinajstić information content (AvgIpc) is 2.90. The second-order valence-corrected chi connectivity index (χ2v) is 7.12. The highest BCUT2D eigenvalue weighted by atomic mass is 32.2. The van der Waals surface area contributed by atoms with E-state index in [1.54, 1.807) is 0 Å². The molecular weight excluding hydrogens is 393 g/mol. The van der Waals surface area contributed by atoms with Crippen molar-refractivity contribution in [1.29, 1.82) is 0 Å². The molecule has 2 aromatic rings. The Labute approximate surface area is 161 Å². The highest BCUT2D eigenvalue weighted by Crippen LogP contribution is 2.36. The lowest BCUT2D eigenvalue weighted by molar-refractivity contribution is -0.113. The van der Waals surface area contributed by atoms with Crippen LogP contribution in [0.1, 0.15) is 26.3 Å². The van der Waals surface area contributed by atoms with E-state index in [0.717, 1.165) is 22.7 Å². The topological polar surface area (TPSA) is 94.9 Å². The minimum absolute atomic E-state index is 0.0531. The summed E-state index contributed by atoms with van der Waals surface area (Å²) in [6.45, 7) is 0. The van der Waals surface area contributed by atoms with Gasteiger partial charge in [0.15, 0.2) is 4.32 Å². The van der Waals surface area contributed by atoms with Gasteiger partial charge in [-0.25, -0.2) is 14.0 Å². The molecule has 0 aliphatic carbocycles. The standard InChI is InChI=1S/C18H10FNO5S2/c19-12-3-1-9(2-4-12)5-14-15(21)20(18(26)27-14)13-7-10(16(22)23)6-11(8-13)17(24)25/h1-8H,(H,22,23)(H,24,25). The molecule has 2 aromatic carbocycles. The number of halogens is 1. The number of hydrogen-bond donors (Lipinski definition) is 2. The van der Waals surface area contributed by atoms with Gasteiger partial charge in [0.05, 0.1) is 21.7 Å². The number of aromatic carboxylic acids is 2. The van der Waals surface area contributed by atoms with Crippen LogP contribution in [0.2, 0.25) is 0 Å². The summed E-state index contributed by atoms with van der Waals surface area (Å²) in [5.41, 5.74) is 0.0858. The van der Waals surface area contributed by atoms with Gasteiger partial charge >= 0.3 is 11.9 Å². The van der Waals surface area contributed by atoms with E-state index in [4.69, 9.17) is 12.2 Å². The van der Waals surface area contributed by atoms with E-state index in [9.17, 15) is 29.0 Å². The van der Waals surface area contributed by atoms with Gasteiger partial charge in [0.2, 0.25) is 0 Å². The third kappa shape index (κ3) is 3.88. The van der Waals surface area contributed by atoms with E-state index in [-0.39, 0.29) is 26.0 Å². The zero-order valence-electron chi connectivity index (χ0n) is 13.4. The van der Waals surface area contributed by atoms with Crippen LogP contribution < -0.4 is 4.90 Å². The number of anilines is 1. The maximum atomic E-state index is 13.0. The summed E-state index contributed by atoms with van der Waals surface area (Å²) in [6, 6.07) is 8.86. The largest absolute Gasteiger partial charge is 0.478 e. The van der Waals surface area contributed by atoms with E-state index >= 15 is 0 Å². The Morgan fingerprint density at radius 2 is 1.59 bits per heavy atom. The quantitative estimate of drug-likeness (QED) is 0.595. The van der Waals surface area contributed by atoms with Crippen LogP contribution in [0.4, 0.5) is 10.1 Å². The number of thiocarbonyl (C=S) groups is 1. The minimum atomic E-state index is -1.33. The molecule has 0 saturated carbocycles. The number of rotatable bonds is 4. The molecule has 1 fully saturated rings. The summed E-state index contributed by atoms with van der Waals surface area (Å²) >= 11 is 6.19. The number of benzene rings is 2. The minimum Gasteiger partial charge on any atom is -0.478 e. The van der Waals surface area contributed by atoms with Crippen LogP contribution in [-0.4, -0.2) is 32.4 Å². The molecule has 0 aromatic heterocycles. The first kappa shape index (κ1) is 18.7. The molecule has 1 heterocycles. The number of nitrogens with zero attached hydrogens (tertiary/aromatic N) is 1. The predicted octanol–water partition coefficient (Wildman–Crippen LogP) is 3.63. The predicted molar refractivity (Wildman–Crippen MR) is 102 cm³/mol. The monoisotopic (exact) mass is 403 g/mol. The van der Waals surface area contributed by atoms with Crippen molar-refractivity contribution >= 4 is 57.9 Å². The molecule has 1 aliphatic heterocycles. The van der Waals surface area contributed by atoms with Crippen molar-refractivity contribution in [3.05, 3.63) is 69.9 Å². The second-order valence-electron chi connectivity index (χ2n) is 5.45. The van der Waals surface area contributed by atoms with Crippen molar-refractivity contribution in [1.82, 2.24) is 0 Å². The van der Waals surface area contributed by atoms with Gasteiger partial charge in [0.1, 0.15) is 5.82 Å². The Bertz CT molecular complexity index is 985. The molecule has 0 spiro atoms. The van der Waals surface area contributed by atoms with Gasteiger partial charge in [-0.2, -0.15) is 0 Å². The molecule has 0 unspecified atom stereocenters. The first-order valence-corrected chi connectivity index (χ1v) is 8.64. The normalized spacial score (nSPS) is 15.4. The van der Waals surface area contributed by atoms with Gasteiger partial charge in [-0.15, -0.1) is 0 Å². The zero-order valence-corrected chi connectivity index (χ0v) is 15.0. The van der Waals surface area contributed by atoms with Crippen molar-refractivity contribution in [2.75, 3.05) is 4.90 Å². The van der Waals surface area contributed by atoms with Gasteiger partial charge in [0, 0.05) is 0 Å². The van der Waals surface area contributed by atoms with E-state index < -0.39 is 23.7 Å². The van der Waals surface area contributed by atoms with Gasteiger partial charge in [-0.3, -0.25) is 9.69 Å². The van der Waals surface area contributed by atoms with E-state index in [2.05, 4.69) is 0 Å².